The lowest BCUT2D eigenvalue weighted by Gasteiger charge is -2.30. The number of rotatable bonds is 1. The minimum Gasteiger partial charge on any atom is -0.291 e. The number of hydrogen-bond acceptors (Lipinski definition) is 2. The minimum atomic E-state index is 0.156. The molecule has 1 saturated carbocycles. The van der Waals surface area contributed by atoms with Crippen LogP contribution in [0.2, 0.25) is 0 Å². The second kappa shape index (κ2) is 3.66. The highest BCUT2D eigenvalue weighted by Gasteiger charge is 2.31. The van der Waals surface area contributed by atoms with Crippen molar-refractivity contribution >= 4 is 5.91 Å². The van der Waals surface area contributed by atoms with Gasteiger partial charge in [-0.1, -0.05) is 19.8 Å². The van der Waals surface area contributed by atoms with Gasteiger partial charge in [0.25, 0.3) is 0 Å². The van der Waals surface area contributed by atoms with Gasteiger partial charge in [-0.2, -0.15) is 0 Å². The topological polar surface area (TPSA) is 41.1 Å². The van der Waals surface area contributed by atoms with Crippen molar-refractivity contribution in [3.8, 4) is 0 Å². The van der Waals surface area contributed by atoms with E-state index in [1.54, 1.807) is 0 Å². The standard InChI is InChI=1S/C10H18N2O/c1-7-3-2-4-8(5-7)9-6-10(13)12-11-9/h7-9,11H,2-6H2,1H3,(H,12,13). The second-order valence-corrected chi connectivity index (χ2v) is 4.53. The van der Waals surface area contributed by atoms with E-state index < -0.39 is 0 Å². The summed E-state index contributed by atoms with van der Waals surface area (Å²) < 4.78 is 0. The lowest BCUT2D eigenvalue weighted by atomic mass is 9.78. The monoisotopic (exact) mass is 182 g/mol. The first-order chi connectivity index (χ1) is 6.25. The summed E-state index contributed by atoms with van der Waals surface area (Å²) >= 11 is 0. The molecule has 0 aromatic carbocycles. The van der Waals surface area contributed by atoms with Crippen molar-refractivity contribution in [1.29, 1.82) is 0 Å². The quantitative estimate of drug-likeness (QED) is 0.640. The molecule has 0 aromatic rings. The molecule has 3 unspecified atom stereocenters. The van der Waals surface area contributed by atoms with Gasteiger partial charge in [-0.05, 0) is 24.7 Å². The van der Waals surface area contributed by atoms with Gasteiger partial charge < -0.3 is 0 Å². The van der Waals surface area contributed by atoms with Gasteiger partial charge in [-0.25, -0.2) is 5.43 Å². The molecule has 0 spiro atoms. The van der Waals surface area contributed by atoms with E-state index in [9.17, 15) is 4.79 Å². The summed E-state index contributed by atoms with van der Waals surface area (Å²) in [5, 5.41) is 0. The van der Waals surface area contributed by atoms with E-state index in [2.05, 4.69) is 17.8 Å². The van der Waals surface area contributed by atoms with E-state index >= 15 is 0 Å². The Morgan fingerprint density at radius 3 is 2.85 bits per heavy atom. The average Bonchev–Trinajstić information content (AvgIpc) is 2.52. The zero-order valence-corrected chi connectivity index (χ0v) is 8.18. The third-order valence-corrected chi connectivity index (χ3v) is 3.35. The molecule has 74 valence electrons. The summed E-state index contributed by atoms with van der Waals surface area (Å²) in [7, 11) is 0. The van der Waals surface area contributed by atoms with Crippen LogP contribution in [-0.4, -0.2) is 11.9 Å². The van der Waals surface area contributed by atoms with Gasteiger partial charge in [-0.15, -0.1) is 0 Å². The Bertz CT molecular complexity index is 205. The van der Waals surface area contributed by atoms with Crippen LogP contribution in [-0.2, 0) is 4.79 Å². The largest absolute Gasteiger partial charge is 0.291 e. The molecule has 3 nitrogen and oxygen atoms in total. The normalized spacial score (nSPS) is 40.4. The molecule has 1 aliphatic heterocycles. The molecule has 2 fully saturated rings. The van der Waals surface area contributed by atoms with E-state index in [1.807, 2.05) is 0 Å². The Balaban J connectivity index is 1.89. The van der Waals surface area contributed by atoms with Crippen molar-refractivity contribution in [3.05, 3.63) is 0 Å². The fourth-order valence-electron chi connectivity index (χ4n) is 2.61. The lowest BCUT2D eigenvalue weighted by Crippen LogP contribution is -2.37. The summed E-state index contributed by atoms with van der Waals surface area (Å²) in [4.78, 5) is 11.0. The molecule has 2 N–H and O–H groups in total. The number of hydrazine groups is 1. The van der Waals surface area contributed by atoms with Gasteiger partial charge in [0, 0.05) is 12.5 Å². The summed E-state index contributed by atoms with van der Waals surface area (Å²) in [5.41, 5.74) is 5.79. The molecule has 0 aromatic heterocycles. The van der Waals surface area contributed by atoms with Crippen LogP contribution in [0.5, 0.6) is 0 Å². The highest BCUT2D eigenvalue weighted by atomic mass is 16.2. The predicted octanol–water partition coefficient (Wildman–Crippen LogP) is 1.21. The molecule has 1 saturated heterocycles. The van der Waals surface area contributed by atoms with Gasteiger partial charge in [0.1, 0.15) is 0 Å². The molecule has 0 radical (unpaired) electrons. The van der Waals surface area contributed by atoms with E-state index in [0.29, 0.717) is 18.4 Å². The molecule has 2 rings (SSSR count). The maximum Gasteiger partial charge on any atom is 0.235 e. The van der Waals surface area contributed by atoms with Crippen LogP contribution in [0, 0.1) is 11.8 Å². The first-order valence-electron chi connectivity index (χ1n) is 5.30. The molecule has 13 heavy (non-hydrogen) atoms. The molecule has 3 heteroatoms. The molecule has 1 heterocycles. The smallest absolute Gasteiger partial charge is 0.235 e. The first-order valence-corrected chi connectivity index (χ1v) is 5.30. The van der Waals surface area contributed by atoms with Gasteiger partial charge >= 0.3 is 0 Å². The fourth-order valence-corrected chi connectivity index (χ4v) is 2.61. The van der Waals surface area contributed by atoms with E-state index in [4.69, 9.17) is 0 Å². The Labute approximate surface area is 79.2 Å². The zero-order valence-electron chi connectivity index (χ0n) is 8.18. The summed E-state index contributed by atoms with van der Waals surface area (Å²) in [5.74, 6) is 1.71. The van der Waals surface area contributed by atoms with Crippen molar-refractivity contribution in [3.63, 3.8) is 0 Å². The average molecular weight is 182 g/mol. The highest BCUT2D eigenvalue weighted by molar-refractivity contribution is 5.78. The third kappa shape index (κ3) is 2.02. The van der Waals surface area contributed by atoms with Crippen LogP contribution in [0.15, 0.2) is 0 Å². The first kappa shape index (κ1) is 9.00. The van der Waals surface area contributed by atoms with Crippen molar-refractivity contribution in [2.45, 2.75) is 45.1 Å². The van der Waals surface area contributed by atoms with E-state index in [-0.39, 0.29) is 5.91 Å². The maximum absolute atomic E-state index is 11.0. The van der Waals surface area contributed by atoms with Crippen molar-refractivity contribution in [2.24, 2.45) is 11.8 Å². The number of nitrogens with one attached hydrogen (secondary N) is 2. The SMILES string of the molecule is CC1CCCC(C2CC(=O)NN2)C1. The third-order valence-electron chi connectivity index (χ3n) is 3.35. The Morgan fingerprint density at radius 2 is 2.23 bits per heavy atom. The van der Waals surface area contributed by atoms with Gasteiger partial charge in [0.2, 0.25) is 5.91 Å². The van der Waals surface area contributed by atoms with Crippen LogP contribution in [0.3, 0.4) is 0 Å². The van der Waals surface area contributed by atoms with Crippen LogP contribution < -0.4 is 10.9 Å². The predicted molar refractivity (Wildman–Crippen MR) is 50.8 cm³/mol. The van der Waals surface area contributed by atoms with Crippen LogP contribution in [0.4, 0.5) is 0 Å². The molecule has 1 aliphatic carbocycles. The summed E-state index contributed by atoms with van der Waals surface area (Å²) in [6.45, 7) is 2.32. The molecule has 1 amide bonds. The van der Waals surface area contributed by atoms with Crippen molar-refractivity contribution in [1.82, 2.24) is 10.9 Å². The number of hydrogen-bond donors (Lipinski definition) is 2. The van der Waals surface area contributed by atoms with Gasteiger partial charge in [0.05, 0.1) is 0 Å². The highest BCUT2D eigenvalue weighted by Crippen LogP contribution is 2.32. The van der Waals surface area contributed by atoms with Gasteiger partial charge in [-0.3, -0.25) is 10.2 Å². The number of carbonyl (C=O) groups excluding carboxylic acids is 1. The Hall–Kier alpha value is -0.570. The zero-order chi connectivity index (χ0) is 9.26. The minimum absolute atomic E-state index is 0.156. The van der Waals surface area contributed by atoms with E-state index in [1.165, 1.54) is 25.7 Å². The van der Waals surface area contributed by atoms with Crippen LogP contribution in [0.1, 0.15) is 39.0 Å². The summed E-state index contributed by atoms with van der Waals surface area (Å²) in [6, 6.07) is 0.398. The van der Waals surface area contributed by atoms with Crippen molar-refractivity contribution in [2.75, 3.05) is 0 Å². The molecule has 2 aliphatic rings. The lowest BCUT2D eigenvalue weighted by molar-refractivity contribution is -0.119. The van der Waals surface area contributed by atoms with Gasteiger partial charge in [0.15, 0.2) is 0 Å². The molecular formula is C10H18N2O. The second-order valence-electron chi connectivity index (χ2n) is 4.53. The van der Waals surface area contributed by atoms with E-state index in [0.717, 1.165) is 5.92 Å². The Morgan fingerprint density at radius 1 is 1.38 bits per heavy atom. The van der Waals surface area contributed by atoms with Crippen LogP contribution in [0.25, 0.3) is 0 Å². The summed E-state index contributed by atoms with van der Waals surface area (Å²) in [6.07, 6.45) is 5.95. The fraction of sp³-hybridized carbons (Fsp3) is 0.900. The molecule has 3 atom stereocenters. The number of carbonyl (C=O) groups is 1. The Kier molecular flexibility index (Phi) is 2.54. The molecular weight excluding hydrogens is 164 g/mol. The number of amides is 1. The van der Waals surface area contributed by atoms with Crippen LogP contribution >= 0.6 is 0 Å². The maximum atomic E-state index is 11.0. The van der Waals surface area contributed by atoms with Crippen molar-refractivity contribution < 1.29 is 4.79 Å². The molecule has 0 bridgehead atoms.